The van der Waals surface area contributed by atoms with Gasteiger partial charge in [-0.25, -0.2) is 18.4 Å². The van der Waals surface area contributed by atoms with E-state index in [-0.39, 0.29) is 5.24 Å². The van der Waals surface area contributed by atoms with Crippen molar-refractivity contribution in [1.82, 2.24) is 5.01 Å². The molecule has 0 unspecified atom stereocenters. The van der Waals surface area contributed by atoms with Gasteiger partial charge in [-0.05, 0) is 98.5 Å². The molecule has 2 aliphatic rings. The summed E-state index contributed by atoms with van der Waals surface area (Å²) in [5.74, 6) is 0.725. The number of aliphatic imine (C=N–C) groups is 1. The second-order valence-corrected chi connectivity index (χ2v) is 13.8. The number of thioether (sulfide) groups is 1. The Kier molecular flexibility index (Phi) is 7.64. The lowest BCUT2D eigenvalue weighted by Gasteiger charge is -2.35. The Morgan fingerprint density at radius 1 is 1.10 bits per heavy atom. The first-order valence-electron chi connectivity index (χ1n) is 13.1. The van der Waals surface area contributed by atoms with Gasteiger partial charge in [0.15, 0.2) is 0 Å². The SMILES string of the molecule is CN1N=C(c2ccc3c(c2)CCCN3/C(=N\c2ccc(NS(C)(=O)=O)cc2)c2ccc(C#N)cc2)C(C)(C)SC1=O. The van der Waals surface area contributed by atoms with E-state index in [1.165, 1.54) is 16.8 Å². The largest absolute Gasteiger partial charge is 0.326 e. The van der Waals surface area contributed by atoms with Gasteiger partial charge in [-0.3, -0.25) is 9.52 Å². The average molecular weight is 587 g/mol. The van der Waals surface area contributed by atoms with Crippen molar-refractivity contribution in [3.8, 4) is 6.07 Å². The maximum absolute atomic E-state index is 12.3. The highest BCUT2D eigenvalue weighted by Gasteiger charge is 2.37. The van der Waals surface area contributed by atoms with Gasteiger partial charge < -0.3 is 4.90 Å². The van der Waals surface area contributed by atoms with E-state index in [1.54, 1.807) is 43.4 Å². The number of sulfonamides is 1. The van der Waals surface area contributed by atoms with Crippen molar-refractivity contribution in [3.05, 3.63) is 89.0 Å². The Labute approximate surface area is 244 Å². The highest BCUT2D eigenvalue weighted by molar-refractivity contribution is 8.15. The molecule has 2 heterocycles. The molecule has 0 bridgehead atoms. The summed E-state index contributed by atoms with van der Waals surface area (Å²) in [5, 5.41) is 15.2. The van der Waals surface area contributed by atoms with Crippen LogP contribution in [0.2, 0.25) is 0 Å². The molecule has 1 amide bonds. The third kappa shape index (κ3) is 6.29. The topological polar surface area (TPSA) is 118 Å². The third-order valence-corrected chi connectivity index (χ3v) is 8.58. The van der Waals surface area contributed by atoms with Crippen molar-refractivity contribution < 1.29 is 13.2 Å². The highest BCUT2D eigenvalue weighted by atomic mass is 32.2. The number of amidine groups is 1. The maximum Gasteiger partial charge on any atom is 0.302 e. The number of benzene rings is 3. The predicted octanol–water partition coefficient (Wildman–Crippen LogP) is 5.74. The van der Waals surface area contributed by atoms with Crippen molar-refractivity contribution in [2.75, 3.05) is 29.5 Å². The van der Waals surface area contributed by atoms with E-state index in [0.29, 0.717) is 16.9 Å². The lowest BCUT2D eigenvalue weighted by Crippen LogP contribution is -2.40. The number of nitrogens with one attached hydrogen (secondary N) is 1. The van der Waals surface area contributed by atoms with Crippen LogP contribution in [0.1, 0.15) is 42.5 Å². The minimum absolute atomic E-state index is 0.0775. The minimum atomic E-state index is -3.39. The molecule has 41 heavy (non-hydrogen) atoms. The van der Waals surface area contributed by atoms with Crippen LogP contribution in [0.15, 0.2) is 76.8 Å². The summed E-state index contributed by atoms with van der Waals surface area (Å²) in [6.07, 6.45) is 2.91. The fourth-order valence-electron chi connectivity index (χ4n) is 4.93. The molecule has 3 aromatic rings. The lowest BCUT2D eigenvalue weighted by molar-refractivity contribution is 0.234. The summed E-state index contributed by atoms with van der Waals surface area (Å²) in [7, 11) is -1.71. The van der Waals surface area contributed by atoms with Crippen LogP contribution < -0.4 is 9.62 Å². The van der Waals surface area contributed by atoms with Crippen molar-refractivity contribution in [2.24, 2.45) is 10.1 Å². The van der Waals surface area contributed by atoms with Gasteiger partial charge in [0.1, 0.15) is 5.84 Å². The Hall–Kier alpha value is -4.14. The predicted molar refractivity (Wildman–Crippen MR) is 166 cm³/mol. The molecule has 0 aliphatic carbocycles. The van der Waals surface area contributed by atoms with Gasteiger partial charge in [-0.1, -0.05) is 17.8 Å². The molecule has 9 nitrogen and oxygen atoms in total. The number of fused-ring (bicyclic) bond motifs is 1. The van der Waals surface area contributed by atoms with Crippen LogP contribution >= 0.6 is 11.8 Å². The van der Waals surface area contributed by atoms with E-state index in [1.807, 2.05) is 32.0 Å². The molecular formula is C30H30N6O3S2. The molecule has 0 radical (unpaired) electrons. The Bertz CT molecular complexity index is 1710. The summed E-state index contributed by atoms with van der Waals surface area (Å²) >= 11 is 1.27. The fraction of sp³-hybridized carbons (Fsp3) is 0.267. The Morgan fingerprint density at radius 3 is 2.46 bits per heavy atom. The smallest absolute Gasteiger partial charge is 0.302 e. The number of hydrogen-bond donors (Lipinski definition) is 1. The number of carbonyl (C=O) groups excluding carboxylic acids is 1. The van der Waals surface area contributed by atoms with Crippen LogP contribution in [0.5, 0.6) is 0 Å². The number of nitrogens with zero attached hydrogens (tertiary/aromatic N) is 5. The van der Waals surface area contributed by atoms with E-state index in [9.17, 15) is 18.5 Å². The first kappa shape index (κ1) is 28.4. The Balaban J connectivity index is 1.56. The molecule has 0 saturated carbocycles. The first-order valence-corrected chi connectivity index (χ1v) is 15.8. The normalized spacial score (nSPS) is 17.0. The molecule has 3 aromatic carbocycles. The van der Waals surface area contributed by atoms with Gasteiger partial charge in [0.05, 0.1) is 34.0 Å². The number of nitriles is 1. The number of rotatable bonds is 5. The summed E-state index contributed by atoms with van der Waals surface area (Å²) in [6, 6.07) is 22.7. The van der Waals surface area contributed by atoms with Gasteiger partial charge >= 0.3 is 5.24 Å². The van der Waals surface area contributed by atoms with Crippen LogP contribution in [-0.4, -0.2) is 54.8 Å². The van der Waals surface area contributed by atoms with Gasteiger partial charge in [-0.15, -0.1) is 0 Å². The van der Waals surface area contributed by atoms with Crippen LogP contribution in [-0.2, 0) is 16.4 Å². The molecule has 210 valence electrons. The standard InChI is InChI=1S/C30H30N6O3S2/c1-30(2)27(33-35(3)29(37)40-30)23-11-16-26-22(18-23)6-5-17-36(26)28(21-9-7-20(19-31)8-10-21)32-24-12-14-25(15-13-24)34-41(4,38)39/h7-16,18,34H,5-6,17H2,1-4H3/b32-28-. The van der Waals surface area contributed by atoms with Crippen molar-refractivity contribution in [3.63, 3.8) is 0 Å². The zero-order chi connectivity index (χ0) is 29.4. The second-order valence-electron chi connectivity index (χ2n) is 10.5. The lowest BCUT2D eigenvalue weighted by atomic mass is 9.93. The Morgan fingerprint density at radius 2 is 1.80 bits per heavy atom. The molecule has 0 atom stereocenters. The van der Waals surface area contributed by atoms with Crippen LogP contribution in [0.3, 0.4) is 0 Å². The molecular weight excluding hydrogens is 557 g/mol. The van der Waals surface area contributed by atoms with Gasteiger partial charge in [0, 0.05) is 30.5 Å². The summed E-state index contributed by atoms with van der Waals surface area (Å²) in [5.41, 5.74) is 6.56. The van der Waals surface area contributed by atoms with E-state index < -0.39 is 14.8 Å². The van der Waals surface area contributed by atoms with Crippen molar-refractivity contribution in [1.29, 1.82) is 5.26 Å². The number of hydrogen-bond acceptors (Lipinski definition) is 7. The zero-order valence-corrected chi connectivity index (χ0v) is 24.9. The third-order valence-electron chi connectivity index (χ3n) is 6.83. The van der Waals surface area contributed by atoms with Crippen LogP contribution in [0.4, 0.5) is 21.9 Å². The van der Waals surface area contributed by atoms with Gasteiger partial charge in [0.25, 0.3) is 0 Å². The van der Waals surface area contributed by atoms with Crippen LogP contribution in [0.25, 0.3) is 0 Å². The monoisotopic (exact) mass is 586 g/mol. The van der Waals surface area contributed by atoms with Crippen molar-refractivity contribution >= 4 is 55.6 Å². The maximum atomic E-state index is 12.3. The van der Waals surface area contributed by atoms with Crippen LogP contribution in [0, 0.1) is 11.3 Å². The number of aryl methyl sites for hydroxylation is 1. The molecule has 5 rings (SSSR count). The summed E-state index contributed by atoms with van der Waals surface area (Å²) in [6.45, 7) is 4.78. The molecule has 2 aliphatic heterocycles. The molecule has 11 heteroatoms. The van der Waals surface area contributed by atoms with Gasteiger partial charge in [-0.2, -0.15) is 10.4 Å². The number of carbonyl (C=O) groups is 1. The number of amides is 1. The summed E-state index contributed by atoms with van der Waals surface area (Å²) in [4.78, 5) is 19.5. The van der Waals surface area contributed by atoms with E-state index in [0.717, 1.165) is 59.6 Å². The highest BCUT2D eigenvalue weighted by Crippen LogP contribution is 2.37. The number of hydrazone groups is 1. The first-order chi connectivity index (χ1) is 19.4. The molecule has 0 spiro atoms. The fourth-order valence-corrected chi connectivity index (χ4v) is 6.36. The van der Waals surface area contributed by atoms with Crippen molar-refractivity contribution in [2.45, 2.75) is 31.4 Å². The zero-order valence-electron chi connectivity index (χ0n) is 23.2. The van der Waals surface area contributed by atoms with Gasteiger partial charge in [0.2, 0.25) is 10.0 Å². The molecule has 0 fully saturated rings. The second kappa shape index (κ2) is 11.0. The van der Waals surface area contributed by atoms with E-state index >= 15 is 0 Å². The number of anilines is 2. The average Bonchev–Trinajstić information content (AvgIpc) is 2.93. The molecule has 0 saturated heterocycles. The molecule has 1 N–H and O–H groups in total. The van der Waals surface area contributed by atoms with E-state index in [4.69, 9.17) is 4.99 Å². The quantitative estimate of drug-likeness (QED) is 0.301. The van der Waals surface area contributed by atoms with E-state index in [2.05, 4.69) is 32.9 Å². The summed E-state index contributed by atoms with van der Waals surface area (Å²) < 4.78 is 25.3. The molecule has 0 aromatic heterocycles. The minimum Gasteiger partial charge on any atom is -0.326 e.